The summed E-state index contributed by atoms with van der Waals surface area (Å²) in [6, 6.07) is 8.90. The van der Waals surface area contributed by atoms with Gasteiger partial charge >= 0.3 is 0 Å². The Morgan fingerprint density at radius 2 is 2.15 bits per heavy atom. The highest BCUT2D eigenvalue weighted by Crippen LogP contribution is 2.27. The highest BCUT2D eigenvalue weighted by Gasteiger charge is 2.36. The molecule has 1 atom stereocenters. The van der Waals surface area contributed by atoms with E-state index in [2.05, 4.69) is 10.4 Å². The summed E-state index contributed by atoms with van der Waals surface area (Å²) in [5, 5.41) is 8.08. The van der Waals surface area contributed by atoms with Crippen LogP contribution in [0.5, 0.6) is 0 Å². The van der Waals surface area contributed by atoms with E-state index in [1.807, 2.05) is 51.2 Å². The van der Waals surface area contributed by atoms with Crippen LogP contribution in [-0.2, 0) is 18.3 Å². The predicted molar refractivity (Wildman–Crippen MR) is 102 cm³/mol. The summed E-state index contributed by atoms with van der Waals surface area (Å²) in [5.41, 5.74) is 2.40. The third kappa shape index (κ3) is 2.89. The standard InChI is InChI=1S/C20H22N4O3/c1-4-13-14-7-5-6-8-16(14)27-18(13)19(25)21-15-9-10-24(20(15)26)17-11-12(2)22-23(17)3/h5-8,11,15H,4,9-10H2,1-3H3,(H,21,25). The van der Waals surface area contributed by atoms with E-state index in [0.717, 1.165) is 22.5 Å². The zero-order valence-electron chi connectivity index (χ0n) is 15.7. The molecule has 1 aromatic carbocycles. The highest BCUT2D eigenvalue weighted by molar-refractivity contribution is 6.04. The Bertz CT molecular complexity index is 1030. The molecule has 0 radical (unpaired) electrons. The van der Waals surface area contributed by atoms with Gasteiger partial charge in [-0.1, -0.05) is 25.1 Å². The number of hydrogen-bond donors (Lipinski definition) is 1. The Morgan fingerprint density at radius 3 is 2.85 bits per heavy atom. The molecular weight excluding hydrogens is 344 g/mol. The Kier molecular flexibility index (Phi) is 4.22. The average molecular weight is 366 g/mol. The van der Waals surface area contributed by atoms with Crippen molar-refractivity contribution in [2.45, 2.75) is 32.7 Å². The van der Waals surface area contributed by atoms with Crippen LogP contribution in [0.2, 0.25) is 0 Å². The average Bonchev–Trinajstić information content (AvgIpc) is 3.30. The molecule has 1 aliphatic rings. The van der Waals surface area contributed by atoms with Crippen LogP contribution in [0.15, 0.2) is 34.7 Å². The van der Waals surface area contributed by atoms with Crippen LogP contribution in [0.25, 0.3) is 11.0 Å². The number of aryl methyl sites for hydroxylation is 3. The maximum Gasteiger partial charge on any atom is 0.287 e. The number of carbonyl (C=O) groups is 2. The van der Waals surface area contributed by atoms with E-state index in [1.54, 1.807) is 9.58 Å². The van der Waals surface area contributed by atoms with Gasteiger partial charge in [0, 0.05) is 30.6 Å². The zero-order chi connectivity index (χ0) is 19.1. The maximum atomic E-state index is 12.8. The molecular formula is C20H22N4O3. The van der Waals surface area contributed by atoms with Crippen molar-refractivity contribution in [1.29, 1.82) is 0 Å². The lowest BCUT2D eigenvalue weighted by Crippen LogP contribution is -2.42. The number of furan rings is 1. The first-order chi connectivity index (χ1) is 13.0. The monoisotopic (exact) mass is 366 g/mol. The number of para-hydroxylation sites is 1. The largest absolute Gasteiger partial charge is 0.451 e. The minimum Gasteiger partial charge on any atom is -0.451 e. The Morgan fingerprint density at radius 1 is 1.37 bits per heavy atom. The number of anilines is 1. The van der Waals surface area contributed by atoms with Gasteiger partial charge in [0.05, 0.1) is 5.69 Å². The predicted octanol–water partition coefficient (Wildman–Crippen LogP) is 2.57. The number of aromatic nitrogens is 2. The van der Waals surface area contributed by atoms with E-state index >= 15 is 0 Å². The molecule has 0 aliphatic carbocycles. The van der Waals surface area contributed by atoms with Crippen molar-refractivity contribution in [1.82, 2.24) is 15.1 Å². The molecule has 7 nitrogen and oxygen atoms in total. The third-order valence-electron chi connectivity index (χ3n) is 5.02. The van der Waals surface area contributed by atoms with E-state index < -0.39 is 6.04 Å². The SMILES string of the molecule is CCc1c(C(=O)NC2CCN(c3cc(C)nn3C)C2=O)oc2ccccc12. The van der Waals surface area contributed by atoms with Crippen molar-refractivity contribution >= 4 is 28.6 Å². The summed E-state index contributed by atoms with van der Waals surface area (Å²) in [4.78, 5) is 27.3. The molecule has 2 amide bonds. The molecule has 4 rings (SSSR count). The van der Waals surface area contributed by atoms with Gasteiger partial charge in [-0.05, 0) is 25.8 Å². The minimum absolute atomic E-state index is 0.125. The minimum atomic E-state index is -0.564. The highest BCUT2D eigenvalue weighted by atomic mass is 16.3. The third-order valence-corrected chi connectivity index (χ3v) is 5.02. The Labute approximate surface area is 156 Å². The van der Waals surface area contributed by atoms with Crippen LogP contribution >= 0.6 is 0 Å². The topological polar surface area (TPSA) is 80.4 Å². The Balaban J connectivity index is 1.56. The molecule has 0 saturated carbocycles. The van der Waals surface area contributed by atoms with E-state index in [-0.39, 0.29) is 11.8 Å². The summed E-state index contributed by atoms with van der Waals surface area (Å²) in [6.45, 7) is 4.42. The quantitative estimate of drug-likeness (QED) is 0.770. The molecule has 1 N–H and O–H groups in total. The molecule has 1 saturated heterocycles. The normalized spacial score (nSPS) is 17.1. The Hall–Kier alpha value is -3.09. The molecule has 1 aliphatic heterocycles. The maximum absolute atomic E-state index is 12.8. The van der Waals surface area contributed by atoms with E-state index in [9.17, 15) is 9.59 Å². The van der Waals surface area contributed by atoms with Crippen LogP contribution in [0, 0.1) is 6.92 Å². The van der Waals surface area contributed by atoms with Gasteiger partial charge in [0.1, 0.15) is 17.4 Å². The molecule has 1 unspecified atom stereocenters. The van der Waals surface area contributed by atoms with E-state index in [4.69, 9.17) is 4.42 Å². The smallest absolute Gasteiger partial charge is 0.287 e. The number of nitrogens with one attached hydrogen (secondary N) is 1. The van der Waals surface area contributed by atoms with Crippen molar-refractivity contribution in [3.05, 3.63) is 47.3 Å². The van der Waals surface area contributed by atoms with Crippen LogP contribution in [0.3, 0.4) is 0 Å². The summed E-state index contributed by atoms with van der Waals surface area (Å²) >= 11 is 0. The number of benzene rings is 1. The van der Waals surface area contributed by atoms with Crippen molar-refractivity contribution < 1.29 is 14.0 Å². The van der Waals surface area contributed by atoms with Crippen molar-refractivity contribution in [2.24, 2.45) is 7.05 Å². The molecule has 7 heteroatoms. The van der Waals surface area contributed by atoms with Gasteiger partial charge in [-0.25, -0.2) is 0 Å². The van der Waals surface area contributed by atoms with Gasteiger partial charge in [-0.15, -0.1) is 0 Å². The zero-order valence-corrected chi connectivity index (χ0v) is 15.7. The number of nitrogens with zero attached hydrogens (tertiary/aromatic N) is 3. The second-order valence-electron chi connectivity index (χ2n) is 6.83. The first-order valence-electron chi connectivity index (χ1n) is 9.13. The molecule has 0 bridgehead atoms. The first-order valence-corrected chi connectivity index (χ1v) is 9.13. The van der Waals surface area contributed by atoms with Gasteiger partial charge in [0.15, 0.2) is 5.76 Å². The number of fused-ring (bicyclic) bond motifs is 1. The van der Waals surface area contributed by atoms with Gasteiger partial charge < -0.3 is 9.73 Å². The number of hydrogen-bond acceptors (Lipinski definition) is 4. The second kappa shape index (κ2) is 6.57. The van der Waals surface area contributed by atoms with Gasteiger partial charge in [-0.3, -0.25) is 19.2 Å². The fourth-order valence-electron chi connectivity index (χ4n) is 3.75. The van der Waals surface area contributed by atoms with Crippen LogP contribution in [-0.4, -0.2) is 34.2 Å². The molecule has 2 aromatic heterocycles. The van der Waals surface area contributed by atoms with E-state index in [1.165, 1.54) is 0 Å². The number of carbonyl (C=O) groups excluding carboxylic acids is 2. The molecule has 3 aromatic rings. The molecule has 27 heavy (non-hydrogen) atoms. The lowest BCUT2D eigenvalue weighted by Gasteiger charge is -2.16. The summed E-state index contributed by atoms with van der Waals surface area (Å²) < 4.78 is 7.47. The van der Waals surface area contributed by atoms with Crippen LogP contribution < -0.4 is 10.2 Å². The van der Waals surface area contributed by atoms with Crippen molar-refractivity contribution in [3.63, 3.8) is 0 Å². The van der Waals surface area contributed by atoms with Crippen molar-refractivity contribution in [2.75, 3.05) is 11.4 Å². The van der Waals surface area contributed by atoms with Gasteiger partial charge in [0.25, 0.3) is 11.8 Å². The van der Waals surface area contributed by atoms with Crippen LogP contribution in [0.1, 0.15) is 35.2 Å². The molecule has 140 valence electrons. The molecule has 3 heterocycles. The van der Waals surface area contributed by atoms with Crippen molar-refractivity contribution in [3.8, 4) is 0 Å². The number of rotatable bonds is 4. The summed E-state index contributed by atoms with van der Waals surface area (Å²) in [5.74, 6) is 0.568. The fourth-order valence-corrected chi connectivity index (χ4v) is 3.75. The van der Waals surface area contributed by atoms with E-state index in [0.29, 0.717) is 30.7 Å². The fraction of sp³-hybridized carbons (Fsp3) is 0.350. The first kappa shape index (κ1) is 17.3. The van der Waals surface area contributed by atoms with Gasteiger partial charge in [0.2, 0.25) is 0 Å². The molecule has 1 fully saturated rings. The number of amides is 2. The second-order valence-corrected chi connectivity index (χ2v) is 6.83. The lowest BCUT2D eigenvalue weighted by molar-refractivity contribution is -0.118. The lowest BCUT2D eigenvalue weighted by atomic mass is 10.1. The van der Waals surface area contributed by atoms with Gasteiger partial charge in [-0.2, -0.15) is 5.10 Å². The summed E-state index contributed by atoms with van der Waals surface area (Å²) in [6.07, 6.45) is 1.23. The summed E-state index contributed by atoms with van der Waals surface area (Å²) in [7, 11) is 1.81. The van der Waals surface area contributed by atoms with Crippen LogP contribution in [0.4, 0.5) is 5.82 Å². The molecule has 0 spiro atoms.